The molecule has 1 aromatic heterocycles. The Morgan fingerprint density at radius 2 is 1.76 bits per heavy atom. The quantitative estimate of drug-likeness (QED) is 0.724. The van der Waals surface area contributed by atoms with Crippen LogP contribution in [0.15, 0.2) is 59.1 Å². The van der Waals surface area contributed by atoms with Crippen molar-refractivity contribution in [3.05, 3.63) is 82.7 Å². The zero-order valence-corrected chi connectivity index (χ0v) is 14.6. The van der Waals surface area contributed by atoms with Crippen LogP contribution in [0.25, 0.3) is 0 Å². The van der Waals surface area contributed by atoms with Gasteiger partial charge in [0.05, 0.1) is 5.69 Å². The summed E-state index contributed by atoms with van der Waals surface area (Å²) in [4.78, 5) is 12.4. The molecule has 1 N–H and O–H groups in total. The highest BCUT2D eigenvalue weighted by Gasteiger charge is 2.12. The van der Waals surface area contributed by atoms with Gasteiger partial charge < -0.3 is 9.84 Å². The number of amides is 1. The molecule has 25 heavy (non-hydrogen) atoms. The largest absolute Gasteiger partial charge is 0.361 e. The van der Waals surface area contributed by atoms with Crippen molar-refractivity contribution in [1.82, 2.24) is 5.16 Å². The minimum atomic E-state index is 0.000474. The van der Waals surface area contributed by atoms with Gasteiger partial charge in [0.2, 0.25) is 5.91 Å². The molecule has 0 unspecified atom stereocenters. The van der Waals surface area contributed by atoms with Gasteiger partial charge in [0.15, 0.2) is 0 Å². The number of nitrogens with one attached hydrogen (secondary N) is 1. The maximum absolute atomic E-state index is 12.4. The van der Waals surface area contributed by atoms with E-state index >= 15 is 0 Å². The molecular formula is C21H22N2O2. The van der Waals surface area contributed by atoms with Crippen LogP contribution >= 0.6 is 0 Å². The molecule has 1 heterocycles. The minimum Gasteiger partial charge on any atom is -0.361 e. The lowest BCUT2D eigenvalue weighted by molar-refractivity contribution is -0.116. The van der Waals surface area contributed by atoms with E-state index < -0.39 is 0 Å². The van der Waals surface area contributed by atoms with Crippen molar-refractivity contribution >= 4 is 11.6 Å². The van der Waals surface area contributed by atoms with Gasteiger partial charge in [-0.25, -0.2) is 0 Å². The number of hydrogen-bond donors (Lipinski definition) is 1. The van der Waals surface area contributed by atoms with E-state index in [0.29, 0.717) is 12.8 Å². The first-order chi connectivity index (χ1) is 12.1. The molecule has 0 atom stereocenters. The number of hydrogen-bond acceptors (Lipinski definition) is 3. The van der Waals surface area contributed by atoms with E-state index in [9.17, 15) is 4.79 Å². The highest BCUT2D eigenvalue weighted by Crippen LogP contribution is 2.20. The summed E-state index contributed by atoms with van der Waals surface area (Å²) in [6.45, 7) is 3.78. The lowest BCUT2D eigenvalue weighted by Gasteiger charge is -2.11. The van der Waals surface area contributed by atoms with Gasteiger partial charge in [0.1, 0.15) is 5.76 Å². The molecule has 1 amide bonds. The molecule has 0 bridgehead atoms. The third-order valence-electron chi connectivity index (χ3n) is 4.31. The fourth-order valence-corrected chi connectivity index (χ4v) is 2.92. The second-order valence-electron chi connectivity index (χ2n) is 6.17. The SMILES string of the molecule is Cc1noc(C)c1CCC(=O)Nc1ccccc1Cc1ccccc1. The first kappa shape index (κ1) is 17.0. The van der Waals surface area contributed by atoms with Crippen molar-refractivity contribution < 1.29 is 9.32 Å². The molecule has 0 radical (unpaired) electrons. The van der Waals surface area contributed by atoms with Gasteiger partial charge in [-0.3, -0.25) is 4.79 Å². The molecule has 0 saturated heterocycles. The Bertz CT molecular complexity index is 834. The van der Waals surface area contributed by atoms with E-state index in [1.165, 1.54) is 5.56 Å². The zero-order chi connectivity index (χ0) is 17.6. The zero-order valence-electron chi connectivity index (χ0n) is 14.6. The predicted molar refractivity (Wildman–Crippen MR) is 98.6 cm³/mol. The van der Waals surface area contributed by atoms with Gasteiger partial charge in [0, 0.05) is 17.7 Å². The molecule has 0 fully saturated rings. The van der Waals surface area contributed by atoms with Gasteiger partial charge in [-0.05, 0) is 43.9 Å². The summed E-state index contributed by atoms with van der Waals surface area (Å²) in [7, 11) is 0. The number of aryl methyl sites for hydroxylation is 2. The van der Waals surface area contributed by atoms with Crippen molar-refractivity contribution in [2.24, 2.45) is 0 Å². The highest BCUT2D eigenvalue weighted by molar-refractivity contribution is 5.91. The molecule has 0 aliphatic rings. The van der Waals surface area contributed by atoms with E-state index in [1.54, 1.807) is 0 Å². The smallest absolute Gasteiger partial charge is 0.224 e. The first-order valence-corrected chi connectivity index (χ1v) is 8.47. The Balaban J connectivity index is 1.65. The maximum atomic E-state index is 12.4. The summed E-state index contributed by atoms with van der Waals surface area (Å²) in [5.74, 6) is 0.787. The number of para-hydroxylation sites is 1. The topological polar surface area (TPSA) is 55.1 Å². The van der Waals surface area contributed by atoms with Crippen molar-refractivity contribution in [3.8, 4) is 0 Å². The van der Waals surface area contributed by atoms with Crippen LogP contribution in [-0.4, -0.2) is 11.1 Å². The Hall–Kier alpha value is -2.88. The monoisotopic (exact) mass is 334 g/mol. The van der Waals surface area contributed by atoms with Crippen molar-refractivity contribution in [3.63, 3.8) is 0 Å². The molecule has 0 aliphatic heterocycles. The summed E-state index contributed by atoms with van der Waals surface area (Å²) in [6, 6.07) is 18.2. The third kappa shape index (κ3) is 4.35. The van der Waals surface area contributed by atoms with Gasteiger partial charge in [-0.2, -0.15) is 0 Å². The van der Waals surface area contributed by atoms with Gasteiger partial charge in [-0.1, -0.05) is 53.7 Å². The van der Waals surface area contributed by atoms with Gasteiger partial charge >= 0.3 is 0 Å². The standard InChI is InChI=1S/C21H22N2O2/c1-15-19(16(2)25-23-15)12-13-21(24)22-20-11-7-6-10-18(20)14-17-8-4-3-5-9-17/h3-11H,12-14H2,1-2H3,(H,22,24). The molecule has 4 heteroatoms. The van der Waals surface area contributed by atoms with Crippen molar-refractivity contribution in [2.75, 3.05) is 5.32 Å². The molecule has 2 aromatic carbocycles. The van der Waals surface area contributed by atoms with Crippen LogP contribution in [0.3, 0.4) is 0 Å². The molecule has 128 valence electrons. The molecule has 0 saturated carbocycles. The second-order valence-corrected chi connectivity index (χ2v) is 6.17. The average molecular weight is 334 g/mol. The predicted octanol–water partition coefficient (Wildman–Crippen LogP) is 4.45. The molecular weight excluding hydrogens is 312 g/mol. The van der Waals surface area contributed by atoms with Crippen LogP contribution in [0.5, 0.6) is 0 Å². The third-order valence-corrected chi connectivity index (χ3v) is 4.31. The second kappa shape index (κ2) is 7.79. The van der Waals surface area contributed by atoms with E-state index in [2.05, 4.69) is 28.7 Å². The summed E-state index contributed by atoms with van der Waals surface area (Å²) < 4.78 is 5.15. The van der Waals surface area contributed by atoms with Crippen LogP contribution < -0.4 is 5.32 Å². The number of aromatic nitrogens is 1. The maximum Gasteiger partial charge on any atom is 0.224 e. The van der Waals surface area contributed by atoms with E-state index in [4.69, 9.17) is 4.52 Å². The molecule has 0 aliphatic carbocycles. The minimum absolute atomic E-state index is 0.000474. The van der Waals surface area contributed by atoms with Crippen LogP contribution in [0.2, 0.25) is 0 Å². The summed E-state index contributed by atoms with van der Waals surface area (Å²) in [5, 5.41) is 6.97. The summed E-state index contributed by atoms with van der Waals surface area (Å²) in [5.41, 5.74) is 5.08. The number of anilines is 1. The molecule has 3 aromatic rings. The Labute approximate surface area is 147 Å². The lowest BCUT2D eigenvalue weighted by Crippen LogP contribution is -2.14. The van der Waals surface area contributed by atoms with Crippen LogP contribution in [0.1, 0.15) is 34.6 Å². The molecule has 3 rings (SSSR count). The van der Waals surface area contributed by atoms with E-state index in [-0.39, 0.29) is 5.91 Å². The van der Waals surface area contributed by atoms with Gasteiger partial charge in [0.25, 0.3) is 0 Å². The average Bonchev–Trinajstić information content (AvgIpc) is 2.94. The summed E-state index contributed by atoms with van der Waals surface area (Å²) in [6.07, 6.45) is 1.83. The number of nitrogens with zero attached hydrogens (tertiary/aromatic N) is 1. The Morgan fingerprint density at radius 3 is 2.48 bits per heavy atom. The fraction of sp³-hybridized carbons (Fsp3) is 0.238. The number of carbonyl (C=O) groups excluding carboxylic acids is 1. The van der Waals surface area contributed by atoms with Gasteiger partial charge in [-0.15, -0.1) is 0 Å². The number of rotatable bonds is 6. The van der Waals surface area contributed by atoms with E-state index in [0.717, 1.165) is 34.7 Å². The van der Waals surface area contributed by atoms with Crippen LogP contribution in [0, 0.1) is 13.8 Å². The lowest BCUT2D eigenvalue weighted by atomic mass is 10.0. The fourth-order valence-electron chi connectivity index (χ4n) is 2.92. The summed E-state index contributed by atoms with van der Waals surface area (Å²) >= 11 is 0. The van der Waals surface area contributed by atoms with Crippen LogP contribution in [0.4, 0.5) is 5.69 Å². The van der Waals surface area contributed by atoms with Crippen LogP contribution in [-0.2, 0) is 17.6 Å². The first-order valence-electron chi connectivity index (χ1n) is 8.47. The Kier molecular flexibility index (Phi) is 5.29. The molecule has 0 spiro atoms. The molecule has 4 nitrogen and oxygen atoms in total. The normalized spacial score (nSPS) is 10.6. The number of benzene rings is 2. The number of carbonyl (C=O) groups is 1. The highest BCUT2D eigenvalue weighted by atomic mass is 16.5. The van der Waals surface area contributed by atoms with Crippen molar-refractivity contribution in [1.29, 1.82) is 0 Å². The Morgan fingerprint density at radius 1 is 1.04 bits per heavy atom. The van der Waals surface area contributed by atoms with E-state index in [1.807, 2.05) is 50.2 Å². The van der Waals surface area contributed by atoms with Crippen molar-refractivity contribution in [2.45, 2.75) is 33.1 Å².